The van der Waals surface area contributed by atoms with E-state index in [4.69, 9.17) is 4.74 Å². The molecule has 0 aliphatic heterocycles. The molecule has 0 spiro atoms. The summed E-state index contributed by atoms with van der Waals surface area (Å²) in [5, 5.41) is 0. The highest BCUT2D eigenvalue weighted by molar-refractivity contribution is 14.1. The highest BCUT2D eigenvalue weighted by Gasteiger charge is 2.10. The molecule has 0 aliphatic rings. The second-order valence-corrected chi connectivity index (χ2v) is 5.60. The van der Waals surface area contributed by atoms with Gasteiger partial charge in [0.25, 0.3) is 0 Å². The van der Waals surface area contributed by atoms with Crippen LogP contribution in [0.5, 0.6) is 5.75 Å². The Hall–Kier alpha value is -1.23. The van der Waals surface area contributed by atoms with Crippen molar-refractivity contribution in [1.82, 2.24) is 0 Å². The molecule has 0 aromatic heterocycles. The molecule has 2 aromatic carbocycles. The number of rotatable bonds is 5. The van der Waals surface area contributed by atoms with Gasteiger partial charge in [-0.05, 0) is 46.1 Å². The normalized spacial score (nSPS) is 10.2. The van der Waals surface area contributed by atoms with E-state index in [0.29, 0.717) is 6.61 Å². The first-order valence-electron chi connectivity index (χ1n) is 6.28. The van der Waals surface area contributed by atoms with Crippen LogP contribution in [0.15, 0.2) is 55.1 Å². The standard InChI is InChI=1S/C16H16BIO/c1-2-6-13-15(18)10-9-14(17)16(13)19-11-12-7-4-3-5-8-12/h2-5,7-10H,1,6,11,17H2. The van der Waals surface area contributed by atoms with Crippen LogP contribution in [0.2, 0.25) is 0 Å². The molecule has 0 bridgehead atoms. The molecule has 96 valence electrons. The van der Waals surface area contributed by atoms with Crippen molar-refractivity contribution >= 4 is 35.9 Å². The van der Waals surface area contributed by atoms with E-state index in [9.17, 15) is 0 Å². The predicted molar refractivity (Wildman–Crippen MR) is 92.0 cm³/mol. The maximum atomic E-state index is 6.03. The molecule has 19 heavy (non-hydrogen) atoms. The summed E-state index contributed by atoms with van der Waals surface area (Å²) in [5.74, 6) is 0.996. The monoisotopic (exact) mass is 362 g/mol. The summed E-state index contributed by atoms with van der Waals surface area (Å²) in [4.78, 5) is 0. The first-order valence-corrected chi connectivity index (χ1v) is 7.36. The topological polar surface area (TPSA) is 9.23 Å². The molecule has 0 saturated carbocycles. The number of hydrogen-bond acceptors (Lipinski definition) is 1. The Labute approximate surface area is 129 Å². The van der Waals surface area contributed by atoms with E-state index in [0.717, 1.165) is 12.2 Å². The van der Waals surface area contributed by atoms with E-state index in [2.05, 4.69) is 61.3 Å². The van der Waals surface area contributed by atoms with Gasteiger partial charge in [-0.15, -0.1) is 6.58 Å². The van der Waals surface area contributed by atoms with E-state index in [1.54, 1.807) is 0 Å². The zero-order valence-electron chi connectivity index (χ0n) is 11.0. The number of allylic oxidation sites excluding steroid dienone is 1. The first kappa shape index (κ1) is 14.2. The van der Waals surface area contributed by atoms with Gasteiger partial charge in [-0.1, -0.05) is 42.5 Å². The third-order valence-electron chi connectivity index (χ3n) is 2.97. The summed E-state index contributed by atoms with van der Waals surface area (Å²) in [6.45, 7) is 4.43. The lowest BCUT2D eigenvalue weighted by Crippen LogP contribution is -2.13. The maximum absolute atomic E-state index is 6.03. The first-order chi connectivity index (χ1) is 9.22. The van der Waals surface area contributed by atoms with Gasteiger partial charge >= 0.3 is 0 Å². The lowest BCUT2D eigenvalue weighted by atomic mass is 9.92. The Morgan fingerprint density at radius 1 is 1.16 bits per heavy atom. The average molecular weight is 362 g/mol. The molecular weight excluding hydrogens is 346 g/mol. The molecule has 1 nitrogen and oxygen atoms in total. The van der Waals surface area contributed by atoms with Crippen molar-refractivity contribution in [3.63, 3.8) is 0 Å². The van der Waals surface area contributed by atoms with Crippen molar-refractivity contribution in [2.24, 2.45) is 0 Å². The summed E-state index contributed by atoms with van der Waals surface area (Å²) in [5.41, 5.74) is 3.59. The Kier molecular flexibility index (Phi) is 5.08. The second kappa shape index (κ2) is 6.80. The van der Waals surface area contributed by atoms with Crippen LogP contribution in [0, 0.1) is 3.57 Å². The van der Waals surface area contributed by atoms with Crippen molar-refractivity contribution in [3.8, 4) is 5.75 Å². The van der Waals surface area contributed by atoms with Crippen LogP contribution in [-0.2, 0) is 13.0 Å². The minimum absolute atomic E-state index is 0.603. The smallest absolute Gasteiger partial charge is 0.144 e. The van der Waals surface area contributed by atoms with Crippen LogP contribution in [0.4, 0.5) is 0 Å². The van der Waals surface area contributed by atoms with Gasteiger partial charge < -0.3 is 4.74 Å². The van der Waals surface area contributed by atoms with Gasteiger partial charge in [-0.25, -0.2) is 0 Å². The van der Waals surface area contributed by atoms with E-state index in [1.165, 1.54) is 20.2 Å². The molecule has 0 radical (unpaired) electrons. The third-order valence-corrected chi connectivity index (χ3v) is 3.99. The van der Waals surface area contributed by atoms with E-state index < -0.39 is 0 Å². The number of hydrogen-bond donors (Lipinski definition) is 0. The van der Waals surface area contributed by atoms with Crippen LogP contribution in [0.25, 0.3) is 0 Å². The van der Waals surface area contributed by atoms with Crippen molar-refractivity contribution < 1.29 is 4.74 Å². The zero-order chi connectivity index (χ0) is 13.7. The van der Waals surface area contributed by atoms with Gasteiger partial charge in [0.2, 0.25) is 0 Å². The molecule has 0 atom stereocenters. The van der Waals surface area contributed by atoms with Gasteiger partial charge in [0.15, 0.2) is 0 Å². The summed E-state index contributed by atoms with van der Waals surface area (Å²) in [6.07, 6.45) is 2.76. The summed E-state index contributed by atoms with van der Waals surface area (Å²) in [7, 11) is 2.09. The lowest BCUT2D eigenvalue weighted by Gasteiger charge is -2.15. The summed E-state index contributed by atoms with van der Waals surface area (Å²) in [6, 6.07) is 14.5. The molecular formula is C16H16BIO. The van der Waals surface area contributed by atoms with Gasteiger partial charge in [0.05, 0.1) is 0 Å². The highest BCUT2D eigenvalue weighted by atomic mass is 127. The SMILES string of the molecule is Bc1ccc(I)c(CC=C)c1OCc1ccccc1. The number of benzene rings is 2. The van der Waals surface area contributed by atoms with Crippen LogP contribution >= 0.6 is 22.6 Å². The largest absolute Gasteiger partial charge is 0.489 e. The maximum Gasteiger partial charge on any atom is 0.144 e. The molecule has 0 heterocycles. The molecule has 0 N–H and O–H groups in total. The predicted octanol–water partition coefficient (Wildman–Crippen LogP) is 2.86. The molecule has 0 fully saturated rings. The summed E-state index contributed by atoms with van der Waals surface area (Å²) < 4.78 is 7.26. The fourth-order valence-corrected chi connectivity index (χ4v) is 2.63. The van der Waals surface area contributed by atoms with Crippen LogP contribution in [0.1, 0.15) is 11.1 Å². The van der Waals surface area contributed by atoms with Crippen molar-refractivity contribution in [2.45, 2.75) is 13.0 Å². The molecule has 2 aromatic rings. The van der Waals surface area contributed by atoms with Crippen molar-refractivity contribution in [1.29, 1.82) is 0 Å². The quantitative estimate of drug-likeness (QED) is 0.452. The third kappa shape index (κ3) is 3.63. The van der Waals surface area contributed by atoms with Crippen molar-refractivity contribution in [3.05, 3.63) is 69.8 Å². The molecule has 0 unspecified atom stereocenters. The molecule has 0 aliphatic carbocycles. The van der Waals surface area contributed by atoms with Gasteiger partial charge in [-0.2, -0.15) is 0 Å². The second-order valence-electron chi connectivity index (χ2n) is 4.44. The van der Waals surface area contributed by atoms with Crippen LogP contribution in [-0.4, -0.2) is 7.85 Å². The van der Waals surface area contributed by atoms with E-state index >= 15 is 0 Å². The van der Waals surface area contributed by atoms with Crippen molar-refractivity contribution in [2.75, 3.05) is 0 Å². The fourth-order valence-electron chi connectivity index (χ4n) is 1.99. The molecule has 0 saturated heterocycles. The van der Waals surface area contributed by atoms with E-state index in [1.807, 2.05) is 24.3 Å². The minimum Gasteiger partial charge on any atom is -0.489 e. The number of ether oxygens (including phenoxy) is 1. The zero-order valence-corrected chi connectivity index (χ0v) is 13.2. The average Bonchev–Trinajstić information content (AvgIpc) is 2.43. The fraction of sp³-hybridized carbons (Fsp3) is 0.125. The Bertz CT molecular complexity index is 566. The van der Waals surface area contributed by atoms with Crippen LogP contribution in [0.3, 0.4) is 0 Å². The highest BCUT2D eigenvalue weighted by Crippen LogP contribution is 2.23. The Morgan fingerprint density at radius 3 is 2.58 bits per heavy atom. The summed E-state index contributed by atoms with van der Waals surface area (Å²) >= 11 is 2.35. The number of halogens is 1. The molecule has 2 rings (SSSR count). The van der Waals surface area contributed by atoms with E-state index in [-0.39, 0.29) is 0 Å². The van der Waals surface area contributed by atoms with Crippen LogP contribution < -0.4 is 10.2 Å². The molecule has 3 heteroatoms. The minimum atomic E-state index is 0.603. The van der Waals surface area contributed by atoms with Gasteiger partial charge in [-0.3, -0.25) is 0 Å². The lowest BCUT2D eigenvalue weighted by molar-refractivity contribution is 0.306. The van der Waals surface area contributed by atoms with Gasteiger partial charge in [0.1, 0.15) is 20.2 Å². The Balaban J connectivity index is 2.23. The Morgan fingerprint density at radius 2 is 1.89 bits per heavy atom. The molecule has 0 amide bonds. The van der Waals surface area contributed by atoms with Gasteiger partial charge in [0, 0.05) is 9.13 Å².